The molecule has 2 aliphatic rings. The molecule has 2 N–H and O–H groups in total. The Balaban J connectivity index is 1.37. The van der Waals surface area contributed by atoms with Crippen LogP contribution in [0.1, 0.15) is 47.2 Å². The number of rotatable bonds is 11. The molecule has 198 valence electrons. The number of ether oxygens (including phenoxy) is 1. The highest BCUT2D eigenvalue weighted by Crippen LogP contribution is 2.33. The molecule has 1 amide bonds. The second-order valence-electron chi connectivity index (χ2n) is 10.2. The Morgan fingerprint density at radius 3 is 2.70 bits per heavy atom. The molecular weight excluding hydrogens is 473 g/mol. The molecule has 2 heterocycles. The highest BCUT2D eigenvalue weighted by molar-refractivity contribution is 6.04. The fourth-order valence-electron chi connectivity index (χ4n) is 4.73. The number of carbonyl (C=O) groups is 1. The summed E-state index contributed by atoms with van der Waals surface area (Å²) in [6, 6.07) is 7.58. The third kappa shape index (κ3) is 6.29. The van der Waals surface area contributed by atoms with Gasteiger partial charge in [-0.3, -0.25) is 14.5 Å². The molecule has 3 aromatic rings. The van der Waals surface area contributed by atoms with E-state index in [0.717, 1.165) is 75.3 Å². The topological polar surface area (TPSA) is 80.7 Å². The quantitative estimate of drug-likeness (QED) is 0.288. The first-order chi connectivity index (χ1) is 18.0. The number of hydrogen-bond donors (Lipinski definition) is 2. The van der Waals surface area contributed by atoms with Gasteiger partial charge < -0.3 is 14.6 Å². The maximum atomic E-state index is 15.9. The number of hydroxylamine groups is 1. The molecule has 0 radical (unpaired) electrons. The highest BCUT2D eigenvalue weighted by atomic mass is 19.1. The maximum Gasteiger partial charge on any atom is 0.277 e. The second kappa shape index (κ2) is 11.6. The highest BCUT2D eigenvalue weighted by Gasteiger charge is 2.25. The van der Waals surface area contributed by atoms with Crippen molar-refractivity contribution < 1.29 is 18.8 Å². The van der Waals surface area contributed by atoms with Crippen LogP contribution in [0.5, 0.6) is 0 Å². The van der Waals surface area contributed by atoms with Crippen molar-refractivity contribution in [2.24, 2.45) is 5.92 Å². The zero-order valence-corrected chi connectivity index (χ0v) is 21.7. The molecule has 8 nitrogen and oxygen atoms in total. The van der Waals surface area contributed by atoms with Gasteiger partial charge in [-0.25, -0.2) is 14.9 Å². The zero-order chi connectivity index (χ0) is 25.8. The number of carbonyl (C=O) groups excluding carboxylic acids is 1. The second-order valence-corrected chi connectivity index (χ2v) is 10.2. The lowest BCUT2D eigenvalue weighted by molar-refractivity contribution is 0.0271. The number of amides is 1. The smallest absolute Gasteiger partial charge is 0.277 e. The van der Waals surface area contributed by atoms with Crippen LogP contribution in [-0.2, 0) is 16.1 Å². The Labute approximate surface area is 217 Å². The van der Waals surface area contributed by atoms with Gasteiger partial charge in [-0.2, -0.15) is 0 Å². The van der Waals surface area contributed by atoms with Crippen LogP contribution in [-0.4, -0.2) is 59.8 Å². The Morgan fingerprint density at radius 2 is 1.95 bits per heavy atom. The number of unbranched alkanes of at least 4 members (excludes halogenated alkanes) is 1. The van der Waals surface area contributed by atoms with E-state index in [4.69, 9.17) is 9.57 Å². The summed E-state index contributed by atoms with van der Waals surface area (Å²) in [5.41, 5.74) is 6.46. The SMILES string of the molecule is Cc1ccc(Nc2c(C(=O)NOCC3CC3)cc3c(ncn3CCCCN3CCOCC3)c2F)c(C)c1. The normalized spacial score (nSPS) is 16.3. The van der Waals surface area contributed by atoms with Crippen molar-refractivity contribution in [1.29, 1.82) is 0 Å². The number of anilines is 2. The average molecular weight is 510 g/mol. The summed E-state index contributed by atoms with van der Waals surface area (Å²) in [5, 5.41) is 3.16. The largest absolute Gasteiger partial charge is 0.379 e. The summed E-state index contributed by atoms with van der Waals surface area (Å²) in [4.78, 5) is 25.4. The molecule has 0 spiro atoms. The summed E-state index contributed by atoms with van der Waals surface area (Å²) in [6.07, 6.45) is 5.84. The zero-order valence-electron chi connectivity index (χ0n) is 21.7. The van der Waals surface area contributed by atoms with Crippen LogP contribution in [0.2, 0.25) is 0 Å². The van der Waals surface area contributed by atoms with E-state index in [1.54, 1.807) is 12.4 Å². The fraction of sp³-hybridized carbons (Fsp3) is 0.500. The van der Waals surface area contributed by atoms with Gasteiger partial charge in [-0.1, -0.05) is 17.7 Å². The summed E-state index contributed by atoms with van der Waals surface area (Å²) >= 11 is 0. The predicted octanol–water partition coefficient (Wildman–Crippen LogP) is 4.72. The number of nitrogens with zero attached hydrogens (tertiary/aromatic N) is 3. The predicted molar refractivity (Wildman–Crippen MR) is 142 cm³/mol. The lowest BCUT2D eigenvalue weighted by Crippen LogP contribution is -2.36. The van der Waals surface area contributed by atoms with Gasteiger partial charge in [-0.05, 0) is 69.7 Å². The Bertz CT molecular complexity index is 1250. The number of morpholine rings is 1. The molecule has 37 heavy (non-hydrogen) atoms. The number of imidazole rings is 1. The van der Waals surface area contributed by atoms with Crippen molar-refractivity contribution in [3.8, 4) is 0 Å². The van der Waals surface area contributed by atoms with Crippen molar-refractivity contribution in [2.45, 2.75) is 46.1 Å². The first-order valence-corrected chi connectivity index (χ1v) is 13.2. The van der Waals surface area contributed by atoms with Crippen LogP contribution < -0.4 is 10.8 Å². The number of halogens is 1. The van der Waals surface area contributed by atoms with Gasteiger partial charge in [-0.15, -0.1) is 0 Å². The minimum atomic E-state index is -0.545. The van der Waals surface area contributed by atoms with Gasteiger partial charge in [0.05, 0.1) is 42.9 Å². The summed E-state index contributed by atoms with van der Waals surface area (Å²) in [5.74, 6) is -0.531. The van der Waals surface area contributed by atoms with E-state index < -0.39 is 11.7 Å². The van der Waals surface area contributed by atoms with E-state index in [2.05, 4.69) is 20.7 Å². The van der Waals surface area contributed by atoms with Crippen LogP contribution in [0.3, 0.4) is 0 Å². The van der Waals surface area contributed by atoms with E-state index in [0.29, 0.717) is 24.6 Å². The van der Waals surface area contributed by atoms with E-state index in [9.17, 15) is 4.79 Å². The van der Waals surface area contributed by atoms with Crippen LogP contribution >= 0.6 is 0 Å². The number of benzene rings is 2. The van der Waals surface area contributed by atoms with Gasteiger partial charge in [0.15, 0.2) is 5.82 Å². The lowest BCUT2D eigenvalue weighted by Gasteiger charge is -2.26. The molecule has 0 bridgehead atoms. The molecule has 1 aliphatic heterocycles. The molecule has 9 heteroatoms. The van der Waals surface area contributed by atoms with Gasteiger partial charge in [0.25, 0.3) is 5.91 Å². The average Bonchev–Trinajstić information content (AvgIpc) is 3.63. The maximum absolute atomic E-state index is 15.9. The van der Waals surface area contributed by atoms with Gasteiger partial charge in [0.2, 0.25) is 0 Å². The number of aryl methyl sites for hydroxylation is 3. The van der Waals surface area contributed by atoms with Gasteiger partial charge >= 0.3 is 0 Å². The van der Waals surface area contributed by atoms with Crippen LogP contribution in [0.25, 0.3) is 11.0 Å². The van der Waals surface area contributed by atoms with Crippen LogP contribution in [0.4, 0.5) is 15.8 Å². The number of hydrogen-bond acceptors (Lipinski definition) is 6. The monoisotopic (exact) mass is 509 g/mol. The van der Waals surface area contributed by atoms with Crippen molar-refractivity contribution >= 4 is 28.3 Å². The molecule has 2 aromatic carbocycles. The van der Waals surface area contributed by atoms with Gasteiger partial charge in [0, 0.05) is 25.3 Å². The van der Waals surface area contributed by atoms with Crippen molar-refractivity contribution in [3.05, 3.63) is 53.1 Å². The third-order valence-corrected chi connectivity index (χ3v) is 7.15. The van der Waals surface area contributed by atoms with Gasteiger partial charge in [0.1, 0.15) is 5.52 Å². The van der Waals surface area contributed by atoms with E-state index >= 15 is 4.39 Å². The Kier molecular flexibility index (Phi) is 8.02. The number of nitrogens with one attached hydrogen (secondary N) is 2. The molecule has 0 atom stereocenters. The minimum absolute atomic E-state index is 0.101. The molecule has 1 saturated carbocycles. The molecule has 1 saturated heterocycles. The first kappa shape index (κ1) is 25.6. The Hall–Kier alpha value is -3.01. The third-order valence-electron chi connectivity index (χ3n) is 7.15. The van der Waals surface area contributed by atoms with E-state index in [1.165, 1.54) is 0 Å². The molecule has 1 aromatic heterocycles. The van der Waals surface area contributed by atoms with E-state index in [1.807, 2.05) is 36.6 Å². The molecule has 5 rings (SSSR count). The number of aromatic nitrogens is 2. The minimum Gasteiger partial charge on any atom is -0.379 e. The molecule has 0 unspecified atom stereocenters. The fourth-order valence-corrected chi connectivity index (χ4v) is 4.73. The van der Waals surface area contributed by atoms with Crippen molar-refractivity contribution in [1.82, 2.24) is 19.9 Å². The summed E-state index contributed by atoms with van der Waals surface area (Å²) in [7, 11) is 0. The standard InChI is InChI=1S/C28H36FN5O3/c1-19-5-8-23(20(2)15-19)31-26-22(28(35)32-37-17-21-6-7-21)16-24-27(25(26)29)30-18-34(24)10-4-3-9-33-11-13-36-14-12-33/h5,8,15-16,18,21,31H,3-4,6-7,9-14,17H2,1-2H3,(H,32,35). The summed E-state index contributed by atoms with van der Waals surface area (Å²) in [6.45, 7) is 9.66. The summed E-state index contributed by atoms with van der Waals surface area (Å²) < 4.78 is 23.3. The van der Waals surface area contributed by atoms with Crippen molar-refractivity contribution in [3.63, 3.8) is 0 Å². The molecular formula is C28H36FN5O3. The van der Waals surface area contributed by atoms with Crippen molar-refractivity contribution in [2.75, 3.05) is 44.8 Å². The lowest BCUT2D eigenvalue weighted by atomic mass is 10.1. The van der Waals surface area contributed by atoms with E-state index in [-0.39, 0.29) is 16.8 Å². The molecule has 1 aliphatic carbocycles. The van der Waals surface area contributed by atoms with Crippen LogP contribution in [0, 0.1) is 25.6 Å². The number of fused-ring (bicyclic) bond motifs is 1. The Morgan fingerprint density at radius 1 is 1.16 bits per heavy atom. The molecule has 2 fully saturated rings. The van der Waals surface area contributed by atoms with Crippen LogP contribution in [0.15, 0.2) is 30.6 Å². The first-order valence-electron chi connectivity index (χ1n) is 13.2.